The average Bonchev–Trinajstić information content (AvgIpc) is 2.52. The molecule has 1 aromatic carbocycles. The summed E-state index contributed by atoms with van der Waals surface area (Å²) in [5.41, 5.74) is 1.58. The summed E-state index contributed by atoms with van der Waals surface area (Å²) in [4.78, 5) is 11.9. The molecule has 1 aliphatic heterocycles. The van der Waals surface area contributed by atoms with Gasteiger partial charge >= 0.3 is 0 Å². The van der Waals surface area contributed by atoms with Crippen molar-refractivity contribution in [1.82, 2.24) is 5.32 Å². The lowest BCUT2D eigenvalue weighted by atomic mass is 9.87. The second-order valence-electron chi connectivity index (χ2n) is 4.78. The van der Waals surface area contributed by atoms with Crippen LogP contribution in [0.2, 0.25) is 0 Å². The van der Waals surface area contributed by atoms with Crippen molar-refractivity contribution >= 4 is 17.7 Å². The van der Waals surface area contributed by atoms with Crippen LogP contribution in [0.25, 0.3) is 0 Å². The summed E-state index contributed by atoms with van der Waals surface area (Å²) in [6.45, 7) is 2.07. The second-order valence-corrected chi connectivity index (χ2v) is 5.89. The Labute approximate surface area is 129 Å². The van der Waals surface area contributed by atoms with Gasteiger partial charge in [0.25, 0.3) is 0 Å². The largest absolute Gasteiger partial charge is 0.497 e. The Hall–Kier alpha value is -1.93. The number of hydrogen-bond donors (Lipinski definition) is 1. The van der Waals surface area contributed by atoms with Crippen LogP contribution in [0.3, 0.4) is 0 Å². The van der Waals surface area contributed by atoms with E-state index in [-0.39, 0.29) is 11.8 Å². The third-order valence-electron chi connectivity index (χ3n) is 3.30. The Balaban J connectivity index is 2.39. The van der Waals surface area contributed by atoms with Gasteiger partial charge in [-0.25, -0.2) is 0 Å². The molecule has 1 heterocycles. The Kier molecular flexibility index (Phi) is 5.29. The number of benzene rings is 1. The number of carbonyl (C=O) groups is 1. The summed E-state index contributed by atoms with van der Waals surface area (Å²) in [6, 6.07) is 9.84. The number of nitrogens with one attached hydrogen (secondary N) is 1. The molecule has 1 N–H and O–H groups in total. The normalized spacial score (nSPS) is 18.1. The molecule has 2 rings (SSSR count). The van der Waals surface area contributed by atoms with Crippen molar-refractivity contribution in [2.45, 2.75) is 25.7 Å². The Bertz CT molecular complexity index is 605. The number of methoxy groups -OCH3 is 1. The van der Waals surface area contributed by atoms with Crippen LogP contribution in [0, 0.1) is 11.3 Å². The first-order valence-electron chi connectivity index (χ1n) is 6.90. The Morgan fingerprint density at radius 1 is 1.52 bits per heavy atom. The van der Waals surface area contributed by atoms with Crippen molar-refractivity contribution in [2.24, 2.45) is 0 Å². The number of rotatable bonds is 5. The van der Waals surface area contributed by atoms with E-state index >= 15 is 0 Å². The number of amides is 1. The van der Waals surface area contributed by atoms with Gasteiger partial charge in [-0.15, -0.1) is 11.8 Å². The van der Waals surface area contributed by atoms with Crippen molar-refractivity contribution in [2.75, 3.05) is 12.9 Å². The van der Waals surface area contributed by atoms with Crippen LogP contribution in [0.15, 0.2) is 34.9 Å². The van der Waals surface area contributed by atoms with Crippen molar-refractivity contribution in [3.05, 3.63) is 40.4 Å². The molecule has 110 valence electrons. The summed E-state index contributed by atoms with van der Waals surface area (Å²) in [5.74, 6) is 1.38. The third-order valence-corrected chi connectivity index (χ3v) is 4.53. The lowest BCUT2D eigenvalue weighted by Gasteiger charge is -2.25. The molecule has 0 saturated carbocycles. The van der Waals surface area contributed by atoms with Gasteiger partial charge in [0.05, 0.1) is 23.8 Å². The van der Waals surface area contributed by atoms with E-state index in [1.165, 1.54) is 11.8 Å². The zero-order valence-electron chi connectivity index (χ0n) is 12.2. The molecule has 0 fully saturated rings. The first kappa shape index (κ1) is 15.5. The molecular formula is C16H18N2O2S. The number of ether oxygens (including phenoxy) is 1. The van der Waals surface area contributed by atoms with E-state index in [4.69, 9.17) is 4.74 Å². The smallest absolute Gasteiger partial charge is 0.225 e. The second kappa shape index (κ2) is 7.19. The lowest BCUT2D eigenvalue weighted by molar-refractivity contribution is -0.120. The van der Waals surface area contributed by atoms with Crippen molar-refractivity contribution in [1.29, 1.82) is 5.26 Å². The van der Waals surface area contributed by atoms with Gasteiger partial charge in [0.15, 0.2) is 0 Å². The van der Waals surface area contributed by atoms with E-state index < -0.39 is 0 Å². The molecule has 0 spiro atoms. The topological polar surface area (TPSA) is 62.1 Å². The van der Waals surface area contributed by atoms with Crippen LogP contribution < -0.4 is 10.1 Å². The number of carbonyl (C=O) groups excluding carboxylic acids is 1. The van der Waals surface area contributed by atoms with Gasteiger partial charge < -0.3 is 10.1 Å². The molecule has 1 aromatic rings. The minimum atomic E-state index is -0.196. The standard InChI is InChI=1S/C16H18N2O2S/c1-3-7-21-16-14(10-17)13(9-15(19)18-16)11-5-4-6-12(8-11)20-2/h4-6,8,13H,3,7,9H2,1-2H3,(H,18,19)/t13-/m0/s1. The first-order chi connectivity index (χ1) is 10.2. The number of allylic oxidation sites excluding steroid dienone is 1. The van der Waals surface area contributed by atoms with Crippen molar-refractivity contribution in [3.8, 4) is 11.8 Å². The lowest BCUT2D eigenvalue weighted by Crippen LogP contribution is -2.30. The fourth-order valence-corrected chi connectivity index (χ4v) is 3.22. The van der Waals surface area contributed by atoms with E-state index in [1.54, 1.807) is 7.11 Å². The van der Waals surface area contributed by atoms with E-state index in [2.05, 4.69) is 18.3 Å². The quantitative estimate of drug-likeness (QED) is 0.907. The van der Waals surface area contributed by atoms with Crippen LogP contribution in [-0.4, -0.2) is 18.8 Å². The molecule has 5 heteroatoms. The highest BCUT2D eigenvalue weighted by Gasteiger charge is 2.29. The highest BCUT2D eigenvalue weighted by molar-refractivity contribution is 8.03. The highest BCUT2D eigenvalue weighted by atomic mass is 32.2. The van der Waals surface area contributed by atoms with E-state index in [9.17, 15) is 10.1 Å². The number of thioether (sulfide) groups is 1. The summed E-state index contributed by atoms with van der Waals surface area (Å²) >= 11 is 1.54. The maximum Gasteiger partial charge on any atom is 0.225 e. The van der Waals surface area contributed by atoms with Gasteiger partial charge in [0.1, 0.15) is 5.75 Å². The summed E-state index contributed by atoms with van der Waals surface area (Å²) in [7, 11) is 1.61. The van der Waals surface area contributed by atoms with Crippen LogP contribution in [-0.2, 0) is 4.79 Å². The molecule has 21 heavy (non-hydrogen) atoms. The van der Waals surface area contributed by atoms with Crippen molar-refractivity contribution < 1.29 is 9.53 Å². The van der Waals surface area contributed by atoms with Gasteiger partial charge in [-0.05, 0) is 29.9 Å². The minimum Gasteiger partial charge on any atom is -0.497 e. The van der Waals surface area contributed by atoms with Crippen LogP contribution in [0.4, 0.5) is 0 Å². The van der Waals surface area contributed by atoms with E-state index in [1.807, 2.05) is 24.3 Å². The van der Waals surface area contributed by atoms with Gasteiger partial charge in [0, 0.05) is 12.3 Å². The summed E-state index contributed by atoms with van der Waals surface area (Å²) < 4.78 is 5.23. The van der Waals surface area contributed by atoms with E-state index in [0.29, 0.717) is 17.0 Å². The molecule has 1 amide bonds. The minimum absolute atomic E-state index is 0.0413. The van der Waals surface area contributed by atoms with Crippen LogP contribution >= 0.6 is 11.8 Å². The number of nitrogens with zero attached hydrogens (tertiary/aromatic N) is 1. The fourth-order valence-electron chi connectivity index (χ4n) is 2.28. The Morgan fingerprint density at radius 3 is 3.00 bits per heavy atom. The monoisotopic (exact) mass is 302 g/mol. The molecule has 0 saturated heterocycles. The maximum absolute atomic E-state index is 11.9. The van der Waals surface area contributed by atoms with E-state index in [0.717, 1.165) is 23.5 Å². The molecule has 1 aliphatic rings. The third kappa shape index (κ3) is 3.59. The van der Waals surface area contributed by atoms with Gasteiger partial charge in [0.2, 0.25) is 5.91 Å². The molecule has 0 radical (unpaired) electrons. The Morgan fingerprint density at radius 2 is 2.33 bits per heavy atom. The maximum atomic E-state index is 11.9. The molecule has 0 unspecified atom stereocenters. The molecular weight excluding hydrogens is 284 g/mol. The van der Waals surface area contributed by atoms with Gasteiger partial charge in [-0.3, -0.25) is 4.79 Å². The molecule has 1 atom stereocenters. The molecule has 4 nitrogen and oxygen atoms in total. The highest BCUT2D eigenvalue weighted by Crippen LogP contribution is 2.36. The van der Waals surface area contributed by atoms with Crippen molar-refractivity contribution in [3.63, 3.8) is 0 Å². The van der Waals surface area contributed by atoms with Gasteiger partial charge in [-0.2, -0.15) is 5.26 Å². The summed E-state index contributed by atoms with van der Waals surface area (Å²) in [5, 5.41) is 13.0. The van der Waals surface area contributed by atoms with Gasteiger partial charge in [-0.1, -0.05) is 19.1 Å². The van der Waals surface area contributed by atoms with Crippen LogP contribution in [0.1, 0.15) is 31.2 Å². The predicted molar refractivity (Wildman–Crippen MR) is 83.9 cm³/mol. The molecule has 0 bridgehead atoms. The number of nitriles is 1. The van der Waals surface area contributed by atoms with Crippen LogP contribution in [0.5, 0.6) is 5.75 Å². The predicted octanol–water partition coefficient (Wildman–Crippen LogP) is 3.18. The zero-order chi connectivity index (χ0) is 15.2. The fraction of sp³-hybridized carbons (Fsp3) is 0.375. The first-order valence-corrected chi connectivity index (χ1v) is 7.89. The zero-order valence-corrected chi connectivity index (χ0v) is 13.0. The SMILES string of the molecule is CCCSC1=C(C#N)[C@H](c2cccc(OC)c2)CC(=O)N1. The molecule has 0 aliphatic carbocycles. The number of hydrogen-bond acceptors (Lipinski definition) is 4. The summed E-state index contributed by atoms with van der Waals surface area (Å²) in [6.07, 6.45) is 1.29. The average molecular weight is 302 g/mol. The molecule has 0 aromatic heterocycles.